The zero-order valence-electron chi connectivity index (χ0n) is 9.86. The van der Waals surface area contributed by atoms with Gasteiger partial charge in [0.05, 0.1) is 17.5 Å². The Morgan fingerprint density at radius 1 is 1.69 bits per heavy atom. The minimum Gasteiger partial charge on any atom is -0.396 e. The summed E-state index contributed by atoms with van der Waals surface area (Å²) in [4.78, 5) is 11.5. The van der Waals surface area contributed by atoms with Crippen LogP contribution in [0, 0.1) is 0 Å². The third-order valence-corrected chi connectivity index (χ3v) is 2.22. The van der Waals surface area contributed by atoms with Crippen LogP contribution in [0.4, 0.5) is 5.69 Å². The molecule has 16 heavy (non-hydrogen) atoms. The molecule has 0 aliphatic carbocycles. The van der Waals surface area contributed by atoms with E-state index in [1.807, 2.05) is 13.8 Å². The predicted octanol–water partition coefficient (Wildman–Crippen LogP) is 0.00650. The van der Waals surface area contributed by atoms with Gasteiger partial charge in [-0.05, 0) is 13.8 Å². The van der Waals surface area contributed by atoms with Crippen LogP contribution in [0.25, 0.3) is 0 Å². The lowest BCUT2D eigenvalue weighted by atomic mass is 10.1. The molecule has 0 saturated carbocycles. The molecule has 3 N–H and O–H groups in total. The van der Waals surface area contributed by atoms with Crippen LogP contribution in [-0.4, -0.2) is 34.9 Å². The Kier molecular flexibility index (Phi) is 3.89. The van der Waals surface area contributed by atoms with E-state index in [1.165, 1.54) is 10.9 Å². The number of aromatic nitrogens is 2. The van der Waals surface area contributed by atoms with Crippen molar-refractivity contribution in [1.29, 1.82) is 0 Å². The lowest BCUT2D eigenvalue weighted by Gasteiger charge is -2.23. The summed E-state index contributed by atoms with van der Waals surface area (Å²) in [5.74, 6) is -0.117. The molecule has 1 aromatic heterocycles. The van der Waals surface area contributed by atoms with E-state index < -0.39 is 0 Å². The van der Waals surface area contributed by atoms with Crippen LogP contribution < -0.4 is 11.1 Å². The number of amides is 1. The summed E-state index contributed by atoms with van der Waals surface area (Å²) < 4.78 is 6.68. The molecule has 0 radical (unpaired) electrons. The molecule has 1 aromatic rings. The molecule has 0 aliphatic rings. The number of methoxy groups -OCH3 is 1. The first kappa shape index (κ1) is 12.5. The molecule has 0 saturated heterocycles. The number of nitrogen functional groups attached to an aromatic ring is 1. The number of nitrogens with two attached hydrogens (primary N) is 1. The Hall–Kier alpha value is -1.56. The highest BCUT2D eigenvalue weighted by Crippen LogP contribution is 2.04. The number of ether oxygens (including phenoxy) is 1. The molecule has 0 unspecified atom stereocenters. The maximum atomic E-state index is 11.5. The summed E-state index contributed by atoms with van der Waals surface area (Å²) in [5, 5.41) is 6.69. The Balaban J connectivity index is 2.37. The summed E-state index contributed by atoms with van der Waals surface area (Å²) in [6.07, 6.45) is 3.12. The highest BCUT2D eigenvalue weighted by molar-refractivity contribution is 5.75. The van der Waals surface area contributed by atoms with Gasteiger partial charge in [-0.2, -0.15) is 5.10 Å². The minimum atomic E-state index is -0.362. The van der Waals surface area contributed by atoms with Gasteiger partial charge in [0, 0.05) is 19.9 Å². The van der Waals surface area contributed by atoms with E-state index >= 15 is 0 Å². The maximum absolute atomic E-state index is 11.5. The first-order valence-electron chi connectivity index (χ1n) is 5.03. The molecule has 0 spiro atoms. The number of hydrogen-bond acceptors (Lipinski definition) is 4. The molecular weight excluding hydrogens is 208 g/mol. The normalized spacial score (nSPS) is 11.4. The van der Waals surface area contributed by atoms with Crippen LogP contribution in [0.1, 0.15) is 13.8 Å². The van der Waals surface area contributed by atoms with E-state index in [4.69, 9.17) is 10.5 Å². The van der Waals surface area contributed by atoms with Crippen LogP contribution >= 0.6 is 0 Å². The van der Waals surface area contributed by atoms with E-state index in [0.717, 1.165) is 0 Å². The molecule has 6 heteroatoms. The standard InChI is InChI=1S/C10H18N4O2/c1-10(2,16-3)7-12-9(15)6-14-5-8(11)4-13-14/h4-5H,6-7,11H2,1-3H3,(H,12,15). The van der Waals surface area contributed by atoms with E-state index in [0.29, 0.717) is 12.2 Å². The monoisotopic (exact) mass is 226 g/mol. The zero-order chi connectivity index (χ0) is 12.2. The van der Waals surface area contributed by atoms with Crippen molar-refractivity contribution in [3.8, 4) is 0 Å². The van der Waals surface area contributed by atoms with Gasteiger partial charge >= 0.3 is 0 Å². The van der Waals surface area contributed by atoms with Crippen LogP contribution in [0.3, 0.4) is 0 Å². The number of nitrogens with zero attached hydrogens (tertiary/aromatic N) is 2. The third kappa shape index (κ3) is 3.90. The second kappa shape index (κ2) is 4.98. The van der Waals surface area contributed by atoms with E-state index in [2.05, 4.69) is 10.4 Å². The number of nitrogens with one attached hydrogen (secondary N) is 1. The quantitative estimate of drug-likeness (QED) is 0.740. The Labute approximate surface area is 94.8 Å². The van der Waals surface area contributed by atoms with E-state index in [-0.39, 0.29) is 18.1 Å². The number of rotatable bonds is 5. The van der Waals surface area contributed by atoms with Gasteiger partial charge in [0.1, 0.15) is 6.54 Å². The third-order valence-electron chi connectivity index (χ3n) is 2.22. The lowest BCUT2D eigenvalue weighted by molar-refractivity contribution is -0.123. The molecule has 1 rings (SSSR count). The topological polar surface area (TPSA) is 82.2 Å². The fourth-order valence-electron chi connectivity index (χ4n) is 1.05. The smallest absolute Gasteiger partial charge is 0.241 e. The summed E-state index contributed by atoms with van der Waals surface area (Å²) in [6.45, 7) is 4.43. The van der Waals surface area contributed by atoms with Gasteiger partial charge in [0.15, 0.2) is 0 Å². The van der Waals surface area contributed by atoms with Crippen LogP contribution in [0.2, 0.25) is 0 Å². The molecule has 1 heterocycles. The molecule has 0 aliphatic heterocycles. The van der Waals surface area contributed by atoms with Crippen molar-refractivity contribution in [2.45, 2.75) is 26.0 Å². The van der Waals surface area contributed by atoms with Crippen LogP contribution in [-0.2, 0) is 16.1 Å². The molecule has 6 nitrogen and oxygen atoms in total. The largest absolute Gasteiger partial charge is 0.396 e. The summed E-state index contributed by atoms with van der Waals surface area (Å²) in [5.41, 5.74) is 5.67. The minimum absolute atomic E-state index is 0.117. The van der Waals surface area contributed by atoms with Crippen molar-refractivity contribution >= 4 is 11.6 Å². The van der Waals surface area contributed by atoms with Crippen molar-refractivity contribution in [3.05, 3.63) is 12.4 Å². The Bertz CT molecular complexity index is 359. The van der Waals surface area contributed by atoms with Gasteiger partial charge in [0.25, 0.3) is 0 Å². The lowest BCUT2D eigenvalue weighted by Crippen LogP contribution is -2.41. The van der Waals surface area contributed by atoms with Crippen molar-refractivity contribution in [3.63, 3.8) is 0 Å². The molecule has 0 fully saturated rings. The van der Waals surface area contributed by atoms with Gasteiger partial charge in [0.2, 0.25) is 5.91 Å². The molecule has 1 amide bonds. The van der Waals surface area contributed by atoms with Crippen molar-refractivity contribution in [2.24, 2.45) is 0 Å². The van der Waals surface area contributed by atoms with Gasteiger partial charge in [-0.3, -0.25) is 9.48 Å². The fourth-order valence-corrected chi connectivity index (χ4v) is 1.05. The van der Waals surface area contributed by atoms with Crippen LogP contribution in [0.15, 0.2) is 12.4 Å². The molecule has 0 atom stereocenters. The number of carbonyl (C=O) groups excluding carboxylic acids is 1. The average molecular weight is 226 g/mol. The van der Waals surface area contributed by atoms with E-state index in [1.54, 1.807) is 13.3 Å². The van der Waals surface area contributed by atoms with Crippen molar-refractivity contribution in [1.82, 2.24) is 15.1 Å². The second-order valence-electron chi connectivity index (χ2n) is 4.21. The van der Waals surface area contributed by atoms with E-state index in [9.17, 15) is 4.79 Å². The van der Waals surface area contributed by atoms with Gasteiger partial charge in [-0.15, -0.1) is 0 Å². The van der Waals surface area contributed by atoms with Gasteiger partial charge < -0.3 is 15.8 Å². The van der Waals surface area contributed by atoms with Crippen molar-refractivity contribution in [2.75, 3.05) is 19.4 Å². The maximum Gasteiger partial charge on any atom is 0.241 e. The number of carbonyl (C=O) groups is 1. The van der Waals surface area contributed by atoms with Crippen molar-refractivity contribution < 1.29 is 9.53 Å². The Morgan fingerprint density at radius 2 is 2.38 bits per heavy atom. The molecule has 0 bridgehead atoms. The molecule has 0 aromatic carbocycles. The van der Waals surface area contributed by atoms with Crippen LogP contribution in [0.5, 0.6) is 0 Å². The highest BCUT2D eigenvalue weighted by atomic mass is 16.5. The fraction of sp³-hybridized carbons (Fsp3) is 0.600. The molecular formula is C10H18N4O2. The van der Waals surface area contributed by atoms with Gasteiger partial charge in [-0.1, -0.05) is 0 Å². The number of hydrogen-bond donors (Lipinski definition) is 2. The number of anilines is 1. The van der Waals surface area contributed by atoms with Gasteiger partial charge in [-0.25, -0.2) is 0 Å². The Morgan fingerprint density at radius 3 is 2.88 bits per heavy atom. The second-order valence-corrected chi connectivity index (χ2v) is 4.21. The first-order valence-corrected chi connectivity index (χ1v) is 5.03. The summed E-state index contributed by atoms with van der Waals surface area (Å²) in [7, 11) is 1.61. The highest BCUT2D eigenvalue weighted by Gasteiger charge is 2.17. The zero-order valence-corrected chi connectivity index (χ0v) is 9.86. The predicted molar refractivity (Wildman–Crippen MR) is 60.7 cm³/mol. The first-order chi connectivity index (χ1) is 7.43. The SMILES string of the molecule is COC(C)(C)CNC(=O)Cn1cc(N)cn1. The summed E-state index contributed by atoms with van der Waals surface area (Å²) >= 11 is 0. The average Bonchev–Trinajstić information content (AvgIpc) is 2.61. The molecule has 90 valence electrons. The summed E-state index contributed by atoms with van der Waals surface area (Å²) in [6, 6.07) is 0.